The highest BCUT2D eigenvalue weighted by molar-refractivity contribution is 5.82. The third-order valence-corrected chi connectivity index (χ3v) is 6.86. The molecular formula is C17H26O2. The van der Waals surface area contributed by atoms with Crippen LogP contribution in [0.1, 0.15) is 59.3 Å². The van der Waals surface area contributed by atoms with Gasteiger partial charge in [-0.3, -0.25) is 9.59 Å². The predicted octanol–water partition coefficient (Wildman–Crippen LogP) is 3.63. The zero-order valence-electron chi connectivity index (χ0n) is 12.4. The number of rotatable bonds is 1. The topological polar surface area (TPSA) is 34.1 Å². The number of hydrogen-bond donors (Lipinski definition) is 0. The van der Waals surface area contributed by atoms with Crippen LogP contribution >= 0.6 is 0 Å². The molecule has 0 radical (unpaired) electrons. The molecule has 0 aromatic carbocycles. The van der Waals surface area contributed by atoms with Gasteiger partial charge in [-0.15, -0.1) is 0 Å². The molecule has 3 aliphatic carbocycles. The molecule has 2 heteroatoms. The first-order chi connectivity index (χ1) is 8.95. The zero-order chi connectivity index (χ0) is 13.8. The molecule has 0 aromatic heterocycles. The zero-order valence-corrected chi connectivity index (χ0v) is 12.4. The molecule has 0 heterocycles. The van der Waals surface area contributed by atoms with Crippen LogP contribution in [0, 0.1) is 35.0 Å². The van der Waals surface area contributed by atoms with E-state index in [1.54, 1.807) is 6.92 Å². The van der Waals surface area contributed by atoms with Crippen molar-refractivity contribution in [3.05, 3.63) is 0 Å². The first kappa shape index (κ1) is 13.3. The Bertz CT molecular complexity index is 413. The van der Waals surface area contributed by atoms with E-state index in [0.29, 0.717) is 29.3 Å². The maximum Gasteiger partial charge on any atom is 0.135 e. The quantitative estimate of drug-likeness (QED) is 0.723. The largest absolute Gasteiger partial charge is 0.300 e. The summed E-state index contributed by atoms with van der Waals surface area (Å²) < 4.78 is 0. The fourth-order valence-corrected chi connectivity index (χ4v) is 5.80. The van der Waals surface area contributed by atoms with Gasteiger partial charge in [-0.2, -0.15) is 0 Å². The van der Waals surface area contributed by atoms with E-state index in [1.807, 2.05) is 0 Å². The lowest BCUT2D eigenvalue weighted by Crippen LogP contribution is -2.47. The maximum atomic E-state index is 11.9. The third-order valence-electron chi connectivity index (χ3n) is 6.86. The first-order valence-corrected chi connectivity index (χ1v) is 7.98. The summed E-state index contributed by atoms with van der Waals surface area (Å²) in [6, 6.07) is 0. The molecule has 0 bridgehead atoms. The number of Topliss-reactive ketones (excluding diaryl/α,β-unsaturated/α-hetero) is 2. The number of carbonyl (C=O) groups is 2. The number of hydrogen-bond acceptors (Lipinski definition) is 2. The molecule has 3 aliphatic rings. The van der Waals surface area contributed by atoms with Gasteiger partial charge in [-0.25, -0.2) is 0 Å². The van der Waals surface area contributed by atoms with Crippen molar-refractivity contribution in [3.8, 4) is 0 Å². The van der Waals surface area contributed by atoms with E-state index in [1.165, 1.54) is 6.42 Å². The SMILES string of the molecule is CC(=O)[C@@H]1CC[C@@H]2[C@@H]3CCC(=O)[C@H](C)[C@@H]3CC[C@@]21C. The van der Waals surface area contributed by atoms with Crippen LogP contribution in [0.15, 0.2) is 0 Å². The smallest absolute Gasteiger partial charge is 0.135 e. The Kier molecular flexibility index (Phi) is 3.11. The molecule has 0 aliphatic heterocycles. The van der Waals surface area contributed by atoms with Crippen molar-refractivity contribution in [1.82, 2.24) is 0 Å². The second kappa shape index (κ2) is 4.43. The molecule has 106 valence electrons. The molecule has 6 atom stereocenters. The van der Waals surface area contributed by atoms with Crippen LogP contribution in [0.2, 0.25) is 0 Å². The minimum absolute atomic E-state index is 0.229. The standard InChI is InChI=1S/C17H26O2/c1-10-12-8-9-17(3)14(11(2)18)5-6-15(17)13(12)4-7-16(10)19/h10,12-15H,4-9H2,1-3H3/t10-,12+,13-,14+,15-,17-/m1/s1. The average Bonchev–Trinajstić information content (AvgIpc) is 2.71. The van der Waals surface area contributed by atoms with E-state index < -0.39 is 0 Å². The van der Waals surface area contributed by atoms with Gasteiger partial charge in [0.15, 0.2) is 0 Å². The molecule has 19 heavy (non-hydrogen) atoms. The third kappa shape index (κ3) is 1.82. The van der Waals surface area contributed by atoms with Crippen LogP contribution in [-0.2, 0) is 9.59 Å². The van der Waals surface area contributed by atoms with E-state index in [9.17, 15) is 9.59 Å². The Balaban J connectivity index is 1.88. The molecule has 3 fully saturated rings. The monoisotopic (exact) mass is 262 g/mol. The van der Waals surface area contributed by atoms with Crippen LogP contribution in [0.5, 0.6) is 0 Å². The van der Waals surface area contributed by atoms with Gasteiger partial charge in [-0.05, 0) is 62.2 Å². The fraction of sp³-hybridized carbons (Fsp3) is 0.882. The van der Waals surface area contributed by atoms with Gasteiger partial charge < -0.3 is 0 Å². The summed E-state index contributed by atoms with van der Waals surface area (Å²) in [4.78, 5) is 23.9. The Morgan fingerprint density at radius 2 is 1.89 bits per heavy atom. The van der Waals surface area contributed by atoms with Gasteiger partial charge in [0.25, 0.3) is 0 Å². The van der Waals surface area contributed by atoms with E-state index in [2.05, 4.69) is 13.8 Å². The van der Waals surface area contributed by atoms with Crippen molar-refractivity contribution >= 4 is 11.6 Å². The van der Waals surface area contributed by atoms with Crippen molar-refractivity contribution in [2.45, 2.75) is 59.3 Å². The van der Waals surface area contributed by atoms with Gasteiger partial charge in [-0.1, -0.05) is 13.8 Å². The number of fused-ring (bicyclic) bond motifs is 3. The van der Waals surface area contributed by atoms with E-state index in [-0.39, 0.29) is 17.3 Å². The first-order valence-electron chi connectivity index (χ1n) is 7.98. The normalized spacial score (nSPS) is 49.6. The average molecular weight is 262 g/mol. The second-order valence-corrected chi connectivity index (χ2v) is 7.51. The number of ketones is 2. The van der Waals surface area contributed by atoms with Crippen molar-refractivity contribution in [3.63, 3.8) is 0 Å². The Hall–Kier alpha value is -0.660. The van der Waals surface area contributed by atoms with Crippen molar-refractivity contribution in [2.24, 2.45) is 35.0 Å². The van der Waals surface area contributed by atoms with Crippen LogP contribution in [0.4, 0.5) is 0 Å². The maximum absolute atomic E-state index is 11.9. The summed E-state index contributed by atoms with van der Waals surface area (Å²) in [6.07, 6.45) is 6.47. The minimum Gasteiger partial charge on any atom is -0.300 e. The number of carbonyl (C=O) groups excluding carboxylic acids is 2. The van der Waals surface area contributed by atoms with E-state index in [4.69, 9.17) is 0 Å². The van der Waals surface area contributed by atoms with Gasteiger partial charge in [0, 0.05) is 18.3 Å². The summed E-state index contributed by atoms with van der Waals surface area (Å²) in [6.45, 7) is 6.27. The molecule has 0 saturated heterocycles. The highest BCUT2D eigenvalue weighted by Gasteiger charge is 2.56. The predicted molar refractivity (Wildman–Crippen MR) is 74.6 cm³/mol. The lowest BCUT2D eigenvalue weighted by atomic mass is 9.53. The van der Waals surface area contributed by atoms with Gasteiger partial charge in [0.05, 0.1) is 0 Å². The van der Waals surface area contributed by atoms with Crippen molar-refractivity contribution in [1.29, 1.82) is 0 Å². The summed E-state index contributed by atoms with van der Waals surface area (Å²) in [5.41, 5.74) is 0.229. The van der Waals surface area contributed by atoms with Crippen LogP contribution in [0.3, 0.4) is 0 Å². The molecule has 0 N–H and O–H groups in total. The molecule has 2 nitrogen and oxygen atoms in total. The summed E-state index contributed by atoms with van der Waals surface area (Å²) in [7, 11) is 0. The van der Waals surface area contributed by atoms with Crippen molar-refractivity contribution in [2.75, 3.05) is 0 Å². The summed E-state index contributed by atoms with van der Waals surface area (Å²) >= 11 is 0. The highest BCUT2D eigenvalue weighted by atomic mass is 16.1. The molecule has 3 saturated carbocycles. The van der Waals surface area contributed by atoms with Gasteiger partial charge in [0.2, 0.25) is 0 Å². The minimum atomic E-state index is 0.229. The van der Waals surface area contributed by atoms with Crippen molar-refractivity contribution < 1.29 is 9.59 Å². The van der Waals surface area contributed by atoms with Gasteiger partial charge >= 0.3 is 0 Å². The molecular weight excluding hydrogens is 236 g/mol. The molecule has 0 aromatic rings. The molecule has 0 spiro atoms. The van der Waals surface area contributed by atoms with Crippen LogP contribution in [0.25, 0.3) is 0 Å². The Labute approximate surface area is 116 Å². The molecule has 3 rings (SSSR count). The molecule has 0 amide bonds. The summed E-state index contributed by atoms with van der Waals surface area (Å²) in [5, 5.41) is 0. The lowest BCUT2D eigenvalue weighted by Gasteiger charge is -2.51. The lowest BCUT2D eigenvalue weighted by molar-refractivity contribution is -0.135. The highest BCUT2D eigenvalue weighted by Crippen LogP contribution is 2.62. The van der Waals surface area contributed by atoms with E-state index >= 15 is 0 Å². The van der Waals surface area contributed by atoms with E-state index in [0.717, 1.165) is 32.1 Å². The summed E-state index contributed by atoms with van der Waals surface area (Å²) in [5.74, 6) is 3.41. The Morgan fingerprint density at radius 1 is 1.16 bits per heavy atom. The molecule has 0 unspecified atom stereocenters. The fourth-order valence-electron chi connectivity index (χ4n) is 5.80. The van der Waals surface area contributed by atoms with Gasteiger partial charge in [0.1, 0.15) is 11.6 Å². The second-order valence-electron chi connectivity index (χ2n) is 7.51. The Morgan fingerprint density at radius 3 is 2.58 bits per heavy atom. The van der Waals surface area contributed by atoms with Crippen LogP contribution < -0.4 is 0 Å². The van der Waals surface area contributed by atoms with Crippen LogP contribution in [-0.4, -0.2) is 11.6 Å².